The summed E-state index contributed by atoms with van der Waals surface area (Å²) < 4.78 is 12.0. The average molecular weight is 210 g/mol. The van der Waals surface area contributed by atoms with E-state index in [4.69, 9.17) is 28.3 Å². The molecular weight excluding hydrogens is 204 g/mol. The summed E-state index contributed by atoms with van der Waals surface area (Å²) in [6.45, 7) is -0.864. The Hall–Kier alpha value is -0.380. The fraction of sp³-hybridized carbons (Fsp3) is 0.286. The molecule has 1 atom stereocenters. The minimum Gasteiger partial charge on any atom is -0.386 e. The number of alkyl halides is 1. The third-order valence-corrected chi connectivity index (χ3v) is 1.70. The van der Waals surface area contributed by atoms with Gasteiger partial charge in [-0.15, -0.1) is 0 Å². The zero-order valence-corrected chi connectivity index (χ0v) is 7.48. The van der Waals surface area contributed by atoms with Crippen molar-refractivity contribution in [2.24, 2.45) is 0 Å². The normalized spacial score (nSPS) is 13.0. The molecule has 0 aliphatic heterocycles. The molecule has 0 fully saturated rings. The van der Waals surface area contributed by atoms with Crippen molar-refractivity contribution in [2.45, 2.75) is 6.10 Å². The van der Waals surface area contributed by atoms with Crippen LogP contribution >= 0.6 is 23.2 Å². The molecule has 0 aromatic carbocycles. The molecule has 2 nitrogen and oxygen atoms in total. The van der Waals surface area contributed by atoms with Crippen LogP contribution in [0.25, 0.3) is 0 Å². The van der Waals surface area contributed by atoms with Gasteiger partial charge in [0.1, 0.15) is 23.1 Å². The Bertz CT molecular complexity index is 262. The van der Waals surface area contributed by atoms with Gasteiger partial charge in [-0.2, -0.15) is 0 Å². The second kappa shape index (κ2) is 4.03. The summed E-state index contributed by atoms with van der Waals surface area (Å²) in [4.78, 5) is 3.65. The summed E-state index contributed by atoms with van der Waals surface area (Å²) in [5, 5.41) is 9.35. The Kier molecular flexibility index (Phi) is 3.26. The van der Waals surface area contributed by atoms with Crippen molar-refractivity contribution < 1.29 is 9.50 Å². The van der Waals surface area contributed by atoms with E-state index in [1.807, 2.05) is 0 Å². The van der Waals surface area contributed by atoms with E-state index in [0.29, 0.717) is 5.56 Å². The van der Waals surface area contributed by atoms with Crippen molar-refractivity contribution in [3.63, 3.8) is 0 Å². The Balaban J connectivity index is 3.00. The van der Waals surface area contributed by atoms with Crippen LogP contribution in [-0.4, -0.2) is 16.8 Å². The molecule has 12 heavy (non-hydrogen) atoms. The van der Waals surface area contributed by atoms with Crippen LogP contribution in [0.3, 0.4) is 0 Å². The Morgan fingerprint density at radius 3 is 2.33 bits per heavy atom. The van der Waals surface area contributed by atoms with E-state index in [9.17, 15) is 4.39 Å². The van der Waals surface area contributed by atoms with Crippen LogP contribution in [0.1, 0.15) is 11.7 Å². The summed E-state index contributed by atoms with van der Waals surface area (Å²) in [5.74, 6) is 0. The molecule has 1 unspecified atom stereocenters. The van der Waals surface area contributed by atoms with Crippen LogP contribution in [0, 0.1) is 0 Å². The lowest BCUT2D eigenvalue weighted by molar-refractivity contribution is 0.141. The summed E-state index contributed by atoms with van der Waals surface area (Å²) in [7, 11) is 0. The lowest BCUT2D eigenvalue weighted by Crippen LogP contribution is -1.99. The molecule has 0 aliphatic carbocycles. The third kappa shape index (κ3) is 2.30. The van der Waals surface area contributed by atoms with E-state index in [-0.39, 0.29) is 10.3 Å². The van der Waals surface area contributed by atoms with E-state index in [1.165, 1.54) is 12.1 Å². The van der Waals surface area contributed by atoms with Crippen molar-refractivity contribution in [2.75, 3.05) is 6.67 Å². The van der Waals surface area contributed by atoms with Crippen molar-refractivity contribution in [1.82, 2.24) is 4.98 Å². The number of aromatic nitrogens is 1. The van der Waals surface area contributed by atoms with E-state index in [0.717, 1.165) is 0 Å². The van der Waals surface area contributed by atoms with Crippen molar-refractivity contribution in [1.29, 1.82) is 0 Å². The van der Waals surface area contributed by atoms with Crippen LogP contribution in [0.2, 0.25) is 10.3 Å². The lowest BCUT2D eigenvalue weighted by atomic mass is 10.2. The van der Waals surface area contributed by atoms with Gasteiger partial charge in [-0.3, -0.25) is 0 Å². The van der Waals surface area contributed by atoms with Gasteiger partial charge in [-0.05, 0) is 17.7 Å². The van der Waals surface area contributed by atoms with Gasteiger partial charge in [0.15, 0.2) is 0 Å². The number of nitrogens with zero attached hydrogens (tertiary/aromatic N) is 1. The average Bonchev–Trinajstić information content (AvgIpc) is 2.01. The number of pyridine rings is 1. The summed E-state index contributed by atoms with van der Waals surface area (Å²) in [6.07, 6.45) is -1.18. The molecule has 0 spiro atoms. The molecule has 1 aromatic rings. The molecule has 0 saturated heterocycles. The summed E-state index contributed by atoms with van der Waals surface area (Å²) in [6, 6.07) is 2.75. The van der Waals surface area contributed by atoms with Gasteiger partial charge in [0.2, 0.25) is 0 Å². The maximum Gasteiger partial charge on any atom is 0.131 e. The molecule has 0 bridgehead atoms. The number of aliphatic hydroxyl groups is 1. The number of halogens is 3. The highest BCUT2D eigenvalue weighted by Crippen LogP contribution is 2.20. The zero-order chi connectivity index (χ0) is 9.14. The number of rotatable bonds is 2. The molecule has 0 radical (unpaired) electrons. The first-order valence-corrected chi connectivity index (χ1v) is 3.96. The van der Waals surface area contributed by atoms with Gasteiger partial charge in [-0.25, -0.2) is 9.37 Å². The van der Waals surface area contributed by atoms with Gasteiger partial charge in [-0.1, -0.05) is 23.2 Å². The van der Waals surface area contributed by atoms with Crippen LogP contribution in [-0.2, 0) is 0 Å². The fourth-order valence-electron chi connectivity index (χ4n) is 0.765. The highest BCUT2D eigenvalue weighted by Gasteiger charge is 2.08. The molecular formula is C7H6Cl2FNO. The second-order valence-electron chi connectivity index (χ2n) is 2.22. The van der Waals surface area contributed by atoms with E-state index in [1.54, 1.807) is 0 Å². The minimum atomic E-state index is -1.18. The monoisotopic (exact) mass is 209 g/mol. The SMILES string of the molecule is OC(CF)c1cc(Cl)nc(Cl)c1. The van der Waals surface area contributed by atoms with Gasteiger partial charge in [0.25, 0.3) is 0 Å². The molecule has 0 aliphatic rings. The molecule has 1 heterocycles. The number of aliphatic hydroxyl groups excluding tert-OH is 1. The van der Waals surface area contributed by atoms with Crippen LogP contribution in [0.4, 0.5) is 4.39 Å². The molecule has 1 N–H and O–H groups in total. The van der Waals surface area contributed by atoms with E-state index < -0.39 is 12.8 Å². The standard InChI is InChI=1S/C7H6Cl2FNO/c8-6-1-4(5(12)3-10)2-7(9)11-6/h1-2,5,12H,3H2. The van der Waals surface area contributed by atoms with Crippen LogP contribution in [0.5, 0.6) is 0 Å². The van der Waals surface area contributed by atoms with Crippen molar-refractivity contribution >= 4 is 23.2 Å². The first-order valence-electron chi connectivity index (χ1n) is 3.20. The molecule has 0 amide bonds. The van der Waals surface area contributed by atoms with Crippen LogP contribution < -0.4 is 0 Å². The smallest absolute Gasteiger partial charge is 0.131 e. The summed E-state index contributed by atoms with van der Waals surface area (Å²) >= 11 is 11.0. The van der Waals surface area contributed by atoms with Crippen LogP contribution in [0.15, 0.2) is 12.1 Å². The molecule has 0 saturated carbocycles. The van der Waals surface area contributed by atoms with Crippen molar-refractivity contribution in [3.05, 3.63) is 28.0 Å². The highest BCUT2D eigenvalue weighted by atomic mass is 35.5. The maximum atomic E-state index is 12.0. The molecule has 66 valence electrons. The first kappa shape index (κ1) is 9.71. The Labute approximate surface area is 78.9 Å². The van der Waals surface area contributed by atoms with Gasteiger partial charge in [0.05, 0.1) is 0 Å². The largest absolute Gasteiger partial charge is 0.386 e. The topological polar surface area (TPSA) is 33.1 Å². The van der Waals surface area contributed by atoms with Gasteiger partial charge in [0, 0.05) is 0 Å². The molecule has 5 heteroatoms. The zero-order valence-electron chi connectivity index (χ0n) is 5.97. The quantitative estimate of drug-likeness (QED) is 0.760. The van der Waals surface area contributed by atoms with Gasteiger partial charge >= 0.3 is 0 Å². The predicted octanol–water partition coefficient (Wildman–Crippen LogP) is 2.39. The number of hydrogen-bond donors (Lipinski definition) is 1. The van der Waals surface area contributed by atoms with E-state index >= 15 is 0 Å². The van der Waals surface area contributed by atoms with E-state index in [2.05, 4.69) is 4.98 Å². The molecule has 1 rings (SSSR count). The minimum absolute atomic E-state index is 0.144. The Morgan fingerprint density at radius 1 is 1.42 bits per heavy atom. The van der Waals surface area contributed by atoms with Crippen molar-refractivity contribution in [3.8, 4) is 0 Å². The summed E-state index contributed by atoms with van der Waals surface area (Å²) in [5.41, 5.74) is 0.336. The second-order valence-corrected chi connectivity index (χ2v) is 2.99. The number of hydrogen-bond acceptors (Lipinski definition) is 2. The first-order chi connectivity index (χ1) is 5.63. The third-order valence-electron chi connectivity index (χ3n) is 1.32. The molecule has 1 aromatic heterocycles. The highest BCUT2D eigenvalue weighted by molar-refractivity contribution is 6.32. The van der Waals surface area contributed by atoms with Gasteiger partial charge < -0.3 is 5.11 Å². The lowest BCUT2D eigenvalue weighted by Gasteiger charge is -2.06. The predicted molar refractivity (Wildman–Crippen MR) is 45.2 cm³/mol. The Morgan fingerprint density at radius 2 is 1.92 bits per heavy atom. The maximum absolute atomic E-state index is 12.0. The fourth-order valence-corrected chi connectivity index (χ4v) is 1.24.